The van der Waals surface area contributed by atoms with Crippen molar-refractivity contribution in [1.29, 1.82) is 0 Å². The third-order valence-electron chi connectivity index (χ3n) is 2.88. The van der Waals surface area contributed by atoms with E-state index in [1.807, 2.05) is 6.92 Å². The van der Waals surface area contributed by atoms with Crippen LogP contribution in [0.25, 0.3) is 0 Å². The Labute approximate surface area is 114 Å². The molecule has 2 N–H and O–H groups in total. The molecule has 0 amide bonds. The lowest BCUT2D eigenvalue weighted by molar-refractivity contribution is 0.447. The molecule has 0 spiro atoms. The van der Waals surface area contributed by atoms with Crippen LogP contribution in [0.2, 0.25) is 0 Å². The maximum absolute atomic E-state index is 13.1. The molecule has 5 heteroatoms. The molecule has 2 rings (SSSR count). The molecule has 0 fully saturated rings. The lowest BCUT2D eigenvalue weighted by atomic mass is 10.1. The second kappa shape index (κ2) is 5.86. The predicted octanol–water partition coefficient (Wildman–Crippen LogP) is 3.85. The molecule has 0 aliphatic carbocycles. The number of nitrogens with one attached hydrogen (secondary N) is 1. The van der Waals surface area contributed by atoms with Gasteiger partial charge in [-0.25, -0.2) is 13.2 Å². The summed E-state index contributed by atoms with van der Waals surface area (Å²) in [5.41, 5.74) is 1.15. The van der Waals surface area contributed by atoms with Gasteiger partial charge in [-0.05, 0) is 31.0 Å². The number of aromatic hydroxyl groups is 1. The molecular formula is C15H14F3NO. The molecule has 0 aliphatic rings. The SMILES string of the molecule is CC(Cc1ccc(O)cc1)Nc1cc(F)c(F)c(F)c1. The van der Waals surface area contributed by atoms with Gasteiger partial charge in [0.05, 0.1) is 0 Å². The van der Waals surface area contributed by atoms with Gasteiger partial charge in [-0.15, -0.1) is 0 Å². The fourth-order valence-corrected chi connectivity index (χ4v) is 1.96. The molecule has 2 aromatic rings. The van der Waals surface area contributed by atoms with Crippen LogP contribution in [0.15, 0.2) is 36.4 Å². The number of hydrogen-bond donors (Lipinski definition) is 2. The first kappa shape index (κ1) is 14.2. The molecule has 0 saturated carbocycles. The summed E-state index contributed by atoms with van der Waals surface area (Å²) < 4.78 is 39.0. The van der Waals surface area contributed by atoms with Crippen LogP contribution < -0.4 is 5.32 Å². The van der Waals surface area contributed by atoms with E-state index in [-0.39, 0.29) is 17.5 Å². The Bertz CT molecular complexity index is 576. The van der Waals surface area contributed by atoms with Crippen molar-refractivity contribution < 1.29 is 18.3 Å². The van der Waals surface area contributed by atoms with Crippen molar-refractivity contribution in [2.45, 2.75) is 19.4 Å². The highest BCUT2D eigenvalue weighted by atomic mass is 19.2. The van der Waals surface area contributed by atoms with Crippen LogP contribution in [0.3, 0.4) is 0 Å². The summed E-state index contributed by atoms with van der Waals surface area (Å²) in [7, 11) is 0. The number of anilines is 1. The Kier molecular flexibility index (Phi) is 4.17. The van der Waals surface area contributed by atoms with Gasteiger partial charge < -0.3 is 10.4 Å². The van der Waals surface area contributed by atoms with E-state index in [2.05, 4.69) is 5.32 Å². The van der Waals surface area contributed by atoms with E-state index in [1.54, 1.807) is 24.3 Å². The average Bonchev–Trinajstić information content (AvgIpc) is 2.38. The zero-order valence-corrected chi connectivity index (χ0v) is 10.8. The highest BCUT2D eigenvalue weighted by molar-refractivity contribution is 5.45. The Morgan fingerprint density at radius 2 is 1.60 bits per heavy atom. The average molecular weight is 281 g/mol. The fraction of sp³-hybridized carbons (Fsp3) is 0.200. The van der Waals surface area contributed by atoms with Crippen LogP contribution in [-0.4, -0.2) is 11.1 Å². The van der Waals surface area contributed by atoms with E-state index >= 15 is 0 Å². The summed E-state index contributed by atoms with van der Waals surface area (Å²) in [6.45, 7) is 1.84. The molecule has 0 radical (unpaired) electrons. The summed E-state index contributed by atoms with van der Waals surface area (Å²) in [5.74, 6) is -3.73. The minimum atomic E-state index is -1.47. The largest absolute Gasteiger partial charge is 0.508 e. The molecule has 0 heterocycles. The summed E-state index contributed by atoms with van der Waals surface area (Å²) in [6, 6.07) is 8.40. The van der Waals surface area contributed by atoms with Crippen molar-refractivity contribution in [3.05, 3.63) is 59.4 Å². The van der Waals surface area contributed by atoms with Crippen LogP contribution in [0.1, 0.15) is 12.5 Å². The monoisotopic (exact) mass is 281 g/mol. The van der Waals surface area contributed by atoms with Crippen LogP contribution in [0, 0.1) is 17.5 Å². The van der Waals surface area contributed by atoms with Gasteiger partial charge in [0.1, 0.15) is 5.75 Å². The summed E-state index contributed by atoms with van der Waals surface area (Å²) in [4.78, 5) is 0. The van der Waals surface area contributed by atoms with Gasteiger partial charge in [-0.1, -0.05) is 12.1 Å². The summed E-state index contributed by atoms with van der Waals surface area (Å²) in [5, 5.41) is 12.1. The first-order valence-corrected chi connectivity index (χ1v) is 6.14. The van der Waals surface area contributed by atoms with Gasteiger partial charge in [0.15, 0.2) is 17.5 Å². The molecule has 0 aromatic heterocycles. The van der Waals surface area contributed by atoms with Gasteiger partial charge in [-0.3, -0.25) is 0 Å². The molecule has 106 valence electrons. The fourth-order valence-electron chi connectivity index (χ4n) is 1.96. The van der Waals surface area contributed by atoms with E-state index in [9.17, 15) is 18.3 Å². The molecule has 1 unspecified atom stereocenters. The zero-order valence-electron chi connectivity index (χ0n) is 10.8. The number of phenols is 1. The third kappa shape index (κ3) is 3.44. The highest BCUT2D eigenvalue weighted by Gasteiger charge is 2.12. The van der Waals surface area contributed by atoms with Crippen LogP contribution in [0.4, 0.5) is 18.9 Å². The number of hydrogen-bond acceptors (Lipinski definition) is 2. The maximum Gasteiger partial charge on any atom is 0.194 e. The van der Waals surface area contributed by atoms with Crippen molar-refractivity contribution in [2.75, 3.05) is 5.32 Å². The lowest BCUT2D eigenvalue weighted by Gasteiger charge is -2.15. The normalized spacial score (nSPS) is 12.2. The predicted molar refractivity (Wildman–Crippen MR) is 71.2 cm³/mol. The topological polar surface area (TPSA) is 32.3 Å². The van der Waals surface area contributed by atoms with Crippen LogP contribution in [0.5, 0.6) is 5.75 Å². The Morgan fingerprint density at radius 3 is 2.15 bits per heavy atom. The van der Waals surface area contributed by atoms with Gasteiger partial charge in [-0.2, -0.15) is 0 Å². The number of phenolic OH excluding ortho intramolecular Hbond substituents is 1. The quantitative estimate of drug-likeness (QED) is 0.834. The minimum absolute atomic E-state index is 0.108. The zero-order chi connectivity index (χ0) is 14.7. The molecule has 2 nitrogen and oxygen atoms in total. The Balaban J connectivity index is 2.04. The molecule has 0 aliphatic heterocycles. The van der Waals surface area contributed by atoms with E-state index in [0.29, 0.717) is 6.42 Å². The van der Waals surface area contributed by atoms with Crippen LogP contribution in [-0.2, 0) is 6.42 Å². The first-order chi connectivity index (χ1) is 9.45. The minimum Gasteiger partial charge on any atom is -0.508 e. The second-order valence-electron chi connectivity index (χ2n) is 4.67. The van der Waals surface area contributed by atoms with E-state index in [0.717, 1.165) is 17.7 Å². The number of benzene rings is 2. The van der Waals surface area contributed by atoms with E-state index < -0.39 is 17.5 Å². The van der Waals surface area contributed by atoms with Gasteiger partial charge >= 0.3 is 0 Å². The van der Waals surface area contributed by atoms with Gasteiger partial charge in [0.2, 0.25) is 0 Å². The maximum atomic E-state index is 13.1. The molecule has 0 saturated heterocycles. The summed E-state index contributed by atoms with van der Waals surface area (Å²) in [6.07, 6.45) is 0.598. The highest BCUT2D eigenvalue weighted by Crippen LogP contribution is 2.19. The third-order valence-corrected chi connectivity index (χ3v) is 2.88. The van der Waals surface area contributed by atoms with E-state index in [1.165, 1.54) is 0 Å². The van der Waals surface area contributed by atoms with Crippen molar-refractivity contribution in [3.8, 4) is 5.75 Å². The molecule has 20 heavy (non-hydrogen) atoms. The van der Waals surface area contributed by atoms with E-state index in [4.69, 9.17) is 0 Å². The van der Waals surface area contributed by atoms with Gasteiger partial charge in [0, 0.05) is 23.9 Å². The van der Waals surface area contributed by atoms with Gasteiger partial charge in [0.25, 0.3) is 0 Å². The Hall–Kier alpha value is -2.17. The first-order valence-electron chi connectivity index (χ1n) is 6.14. The van der Waals surface area contributed by atoms with Crippen LogP contribution >= 0.6 is 0 Å². The smallest absolute Gasteiger partial charge is 0.194 e. The summed E-state index contributed by atoms with van der Waals surface area (Å²) >= 11 is 0. The molecule has 0 bridgehead atoms. The molecule has 1 atom stereocenters. The standard InChI is InChI=1S/C15H14F3NO/c1-9(6-10-2-4-12(20)5-3-10)19-11-7-13(16)15(18)14(17)8-11/h2-5,7-9,19-20H,6H2,1H3. The van der Waals surface area contributed by atoms with Crippen molar-refractivity contribution in [2.24, 2.45) is 0 Å². The Morgan fingerprint density at radius 1 is 1.05 bits per heavy atom. The van der Waals surface area contributed by atoms with Crippen molar-refractivity contribution in [3.63, 3.8) is 0 Å². The second-order valence-corrected chi connectivity index (χ2v) is 4.67. The number of rotatable bonds is 4. The molecular weight excluding hydrogens is 267 g/mol. The van der Waals surface area contributed by atoms with Crippen molar-refractivity contribution >= 4 is 5.69 Å². The number of halogens is 3. The lowest BCUT2D eigenvalue weighted by Crippen LogP contribution is -2.18. The van der Waals surface area contributed by atoms with Crippen molar-refractivity contribution in [1.82, 2.24) is 0 Å². The molecule has 2 aromatic carbocycles.